The van der Waals surface area contributed by atoms with Crippen LogP contribution in [0.15, 0.2) is 48.5 Å². The maximum absolute atomic E-state index is 11.8. The van der Waals surface area contributed by atoms with Gasteiger partial charge in [0.15, 0.2) is 24.7 Å². The molecule has 144 valence electrons. The summed E-state index contributed by atoms with van der Waals surface area (Å²) in [6.07, 6.45) is 3.81. The van der Waals surface area contributed by atoms with Gasteiger partial charge in [0, 0.05) is 5.69 Å². The van der Waals surface area contributed by atoms with Gasteiger partial charge in [-0.15, -0.1) is 0 Å². The van der Waals surface area contributed by atoms with Crippen LogP contribution in [0.25, 0.3) is 6.08 Å². The van der Waals surface area contributed by atoms with Crippen molar-refractivity contribution in [1.29, 1.82) is 5.26 Å². The van der Waals surface area contributed by atoms with Gasteiger partial charge in [-0.25, -0.2) is 4.79 Å². The third-order valence-electron chi connectivity index (χ3n) is 3.55. The fraction of sp³-hybridized carbons (Fsp3) is 0.190. The lowest BCUT2D eigenvalue weighted by molar-refractivity contribution is -0.149. The second-order valence-corrected chi connectivity index (χ2v) is 5.60. The van der Waals surface area contributed by atoms with Gasteiger partial charge in [-0.2, -0.15) is 5.26 Å². The lowest BCUT2D eigenvalue weighted by Gasteiger charge is -2.11. The van der Waals surface area contributed by atoms with Crippen LogP contribution >= 0.6 is 0 Å². The molecule has 0 saturated carbocycles. The third-order valence-corrected chi connectivity index (χ3v) is 3.55. The number of carbonyl (C=O) groups is 2. The van der Waals surface area contributed by atoms with Crippen molar-refractivity contribution in [3.63, 3.8) is 0 Å². The van der Waals surface area contributed by atoms with E-state index in [1.165, 1.54) is 7.11 Å². The van der Waals surface area contributed by atoms with Gasteiger partial charge in [0.05, 0.1) is 18.7 Å². The highest BCUT2D eigenvalue weighted by Gasteiger charge is 2.11. The number of ether oxygens (including phenoxy) is 3. The Bertz CT molecular complexity index is 898. The molecular formula is C21H20N2O5. The molecule has 0 bridgehead atoms. The summed E-state index contributed by atoms with van der Waals surface area (Å²) in [7, 11) is 1.51. The van der Waals surface area contributed by atoms with Crippen LogP contribution < -0.4 is 14.8 Å². The highest BCUT2D eigenvalue weighted by molar-refractivity contribution is 5.92. The van der Waals surface area contributed by atoms with E-state index in [-0.39, 0.29) is 6.61 Å². The Morgan fingerprint density at radius 3 is 2.50 bits per heavy atom. The number of hydrogen-bond acceptors (Lipinski definition) is 6. The first-order chi connectivity index (χ1) is 13.5. The predicted octanol–water partition coefficient (Wildman–Crippen LogP) is 3.16. The second-order valence-electron chi connectivity index (χ2n) is 5.60. The minimum atomic E-state index is -0.686. The van der Waals surface area contributed by atoms with Gasteiger partial charge in [0.1, 0.15) is 0 Å². The van der Waals surface area contributed by atoms with E-state index in [4.69, 9.17) is 19.5 Å². The number of methoxy groups -OCH3 is 1. The lowest BCUT2D eigenvalue weighted by atomic mass is 10.2. The summed E-state index contributed by atoms with van der Waals surface area (Å²) >= 11 is 0. The number of nitriles is 1. The zero-order valence-corrected chi connectivity index (χ0v) is 15.6. The zero-order valence-electron chi connectivity index (χ0n) is 15.6. The average Bonchev–Trinajstić information content (AvgIpc) is 2.72. The van der Waals surface area contributed by atoms with E-state index in [1.807, 2.05) is 31.2 Å². The SMILES string of the molecule is C/C=C/c1ccc(OCC(=O)OCC(=O)Nc2ccc(C#N)cc2)c(OC)c1. The van der Waals surface area contributed by atoms with Crippen molar-refractivity contribution in [3.8, 4) is 17.6 Å². The first-order valence-electron chi connectivity index (χ1n) is 8.45. The number of rotatable bonds is 8. The molecule has 0 aliphatic heterocycles. The Morgan fingerprint density at radius 2 is 1.86 bits per heavy atom. The van der Waals surface area contributed by atoms with E-state index in [0.717, 1.165) is 5.56 Å². The minimum Gasteiger partial charge on any atom is -0.493 e. The number of anilines is 1. The van der Waals surface area contributed by atoms with E-state index >= 15 is 0 Å². The summed E-state index contributed by atoms with van der Waals surface area (Å²) in [5.41, 5.74) is 1.92. The molecule has 0 atom stereocenters. The van der Waals surface area contributed by atoms with E-state index in [2.05, 4.69) is 5.32 Å². The van der Waals surface area contributed by atoms with Crippen LogP contribution in [0.3, 0.4) is 0 Å². The Hall–Kier alpha value is -3.79. The third kappa shape index (κ3) is 6.18. The Morgan fingerprint density at radius 1 is 1.11 bits per heavy atom. The highest BCUT2D eigenvalue weighted by atomic mass is 16.6. The summed E-state index contributed by atoms with van der Waals surface area (Å²) in [6, 6.07) is 13.6. The number of nitrogens with zero attached hydrogens (tertiary/aromatic N) is 1. The number of allylic oxidation sites excluding steroid dienone is 1. The van der Waals surface area contributed by atoms with E-state index < -0.39 is 18.5 Å². The number of amides is 1. The quantitative estimate of drug-likeness (QED) is 0.707. The van der Waals surface area contributed by atoms with Crippen molar-refractivity contribution in [3.05, 3.63) is 59.7 Å². The maximum Gasteiger partial charge on any atom is 0.344 e. The van der Waals surface area contributed by atoms with Crippen molar-refractivity contribution < 1.29 is 23.8 Å². The molecule has 0 saturated heterocycles. The summed E-state index contributed by atoms with van der Waals surface area (Å²) in [5.74, 6) is -0.294. The van der Waals surface area contributed by atoms with E-state index in [1.54, 1.807) is 36.4 Å². The van der Waals surface area contributed by atoms with Gasteiger partial charge < -0.3 is 19.5 Å². The van der Waals surface area contributed by atoms with Gasteiger partial charge in [-0.3, -0.25) is 4.79 Å². The van der Waals surface area contributed by atoms with Crippen LogP contribution in [-0.4, -0.2) is 32.2 Å². The fourth-order valence-electron chi connectivity index (χ4n) is 2.25. The normalized spacial score (nSPS) is 10.2. The topological polar surface area (TPSA) is 97.6 Å². The zero-order chi connectivity index (χ0) is 20.4. The van der Waals surface area contributed by atoms with E-state index in [0.29, 0.717) is 22.7 Å². The molecule has 28 heavy (non-hydrogen) atoms. The molecular weight excluding hydrogens is 360 g/mol. The number of nitrogens with one attached hydrogen (secondary N) is 1. The van der Waals surface area contributed by atoms with Crippen LogP contribution in [0.4, 0.5) is 5.69 Å². The molecule has 2 aromatic rings. The maximum atomic E-state index is 11.8. The standard InChI is InChI=1S/C21H20N2O5/c1-3-4-15-7-10-18(19(11-15)26-2)27-14-21(25)28-13-20(24)23-17-8-5-16(12-22)6-9-17/h3-11H,13-14H2,1-2H3,(H,23,24)/b4-3+. The second kappa shape index (κ2) is 10.4. The molecule has 1 amide bonds. The number of esters is 1. The van der Waals surface area contributed by atoms with Crippen LogP contribution in [0, 0.1) is 11.3 Å². The number of hydrogen-bond donors (Lipinski definition) is 1. The first kappa shape index (κ1) is 20.5. The number of carbonyl (C=O) groups excluding carboxylic acids is 2. The molecule has 0 aromatic heterocycles. The summed E-state index contributed by atoms with van der Waals surface area (Å²) in [4.78, 5) is 23.6. The summed E-state index contributed by atoms with van der Waals surface area (Å²) in [6.45, 7) is 1.10. The van der Waals surface area contributed by atoms with Crippen LogP contribution in [0.2, 0.25) is 0 Å². The molecule has 0 radical (unpaired) electrons. The molecule has 0 heterocycles. The minimum absolute atomic E-state index is 0.358. The highest BCUT2D eigenvalue weighted by Crippen LogP contribution is 2.28. The van der Waals surface area contributed by atoms with Crippen LogP contribution in [0.5, 0.6) is 11.5 Å². The largest absolute Gasteiger partial charge is 0.493 e. The van der Waals surface area contributed by atoms with Crippen molar-refractivity contribution in [2.75, 3.05) is 25.6 Å². The molecule has 1 N–H and O–H groups in total. The molecule has 0 aliphatic rings. The average molecular weight is 380 g/mol. The monoisotopic (exact) mass is 380 g/mol. The smallest absolute Gasteiger partial charge is 0.344 e. The molecule has 0 aliphatic carbocycles. The van der Waals surface area contributed by atoms with Crippen LogP contribution in [0.1, 0.15) is 18.1 Å². The van der Waals surface area contributed by atoms with Gasteiger partial charge in [-0.1, -0.05) is 18.2 Å². The fourth-order valence-corrected chi connectivity index (χ4v) is 2.25. The molecule has 7 heteroatoms. The molecule has 0 fully saturated rings. The summed E-state index contributed by atoms with van der Waals surface area (Å²) in [5, 5.41) is 11.3. The van der Waals surface area contributed by atoms with E-state index in [9.17, 15) is 9.59 Å². The first-order valence-corrected chi connectivity index (χ1v) is 8.45. The van der Waals surface area contributed by atoms with Gasteiger partial charge in [0.2, 0.25) is 0 Å². The van der Waals surface area contributed by atoms with Crippen molar-refractivity contribution in [2.45, 2.75) is 6.92 Å². The van der Waals surface area contributed by atoms with Crippen molar-refractivity contribution in [1.82, 2.24) is 0 Å². The Kier molecular flexibility index (Phi) is 7.61. The molecule has 7 nitrogen and oxygen atoms in total. The van der Waals surface area contributed by atoms with Crippen LogP contribution in [-0.2, 0) is 14.3 Å². The molecule has 2 rings (SSSR count). The predicted molar refractivity (Wildman–Crippen MR) is 104 cm³/mol. The van der Waals surface area contributed by atoms with Crippen molar-refractivity contribution >= 4 is 23.6 Å². The summed E-state index contributed by atoms with van der Waals surface area (Å²) < 4.78 is 15.6. The van der Waals surface area contributed by atoms with Crippen molar-refractivity contribution in [2.24, 2.45) is 0 Å². The molecule has 0 spiro atoms. The molecule has 2 aromatic carbocycles. The van der Waals surface area contributed by atoms with Gasteiger partial charge in [-0.05, 0) is 48.9 Å². The number of benzene rings is 2. The lowest BCUT2D eigenvalue weighted by Crippen LogP contribution is -2.23. The Labute approximate surface area is 163 Å². The van der Waals surface area contributed by atoms with Gasteiger partial charge >= 0.3 is 5.97 Å². The molecule has 0 unspecified atom stereocenters. The van der Waals surface area contributed by atoms with Gasteiger partial charge in [0.25, 0.3) is 5.91 Å². The Balaban J connectivity index is 1.80.